The van der Waals surface area contributed by atoms with E-state index in [9.17, 15) is 9.59 Å². The van der Waals surface area contributed by atoms with Crippen molar-refractivity contribution in [2.45, 2.75) is 17.4 Å². The maximum atomic E-state index is 11.7. The van der Waals surface area contributed by atoms with Crippen LogP contribution in [0.1, 0.15) is 6.42 Å². The summed E-state index contributed by atoms with van der Waals surface area (Å²) in [6, 6.07) is 6.33. The van der Waals surface area contributed by atoms with E-state index in [1.807, 2.05) is 18.4 Å². The Bertz CT molecular complexity index is 460. The maximum Gasteiger partial charge on any atom is 0.415 e. The monoisotopic (exact) mass is 267 g/mol. The molecule has 96 valence electrons. The molecule has 0 aliphatic carbocycles. The van der Waals surface area contributed by atoms with Crippen LogP contribution in [0.2, 0.25) is 0 Å². The summed E-state index contributed by atoms with van der Waals surface area (Å²) >= 11 is 1.59. The third-order valence-corrected chi connectivity index (χ3v) is 3.55. The lowest BCUT2D eigenvalue weighted by Gasteiger charge is -2.36. The second kappa shape index (κ2) is 5.30. The van der Waals surface area contributed by atoms with Gasteiger partial charge < -0.3 is 9.84 Å². The van der Waals surface area contributed by atoms with Crippen LogP contribution in [0.25, 0.3) is 0 Å². The van der Waals surface area contributed by atoms with Crippen molar-refractivity contribution >= 4 is 23.8 Å². The summed E-state index contributed by atoms with van der Waals surface area (Å²) in [6.07, 6.45) is 1.83. The molecule has 1 aliphatic heterocycles. The number of benzene rings is 1. The van der Waals surface area contributed by atoms with Crippen molar-refractivity contribution < 1.29 is 19.4 Å². The molecule has 0 radical (unpaired) electrons. The largest absolute Gasteiger partial charge is 0.480 e. The van der Waals surface area contributed by atoms with Crippen LogP contribution < -0.4 is 4.74 Å². The molecule has 1 atom stereocenters. The van der Waals surface area contributed by atoms with Crippen LogP contribution in [-0.4, -0.2) is 40.9 Å². The quantitative estimate of drug-likeness (QED) is 0.849. The number of hydrogen-bond donors (Lipinski definition) is 1. The first kappa shape index (κ1) is 12.8. The van der Waals surface area contributed by atoms with Crippen LogP contribution in [0, 0.1) is 0 Å². The number of carboxylic acid groups (broad SMARTS) is 1. The number of amides is 1. The van der Waals surface area contributed by atoms with Gasteiger partial charge in [-0.05, 0) is 36.9 Å². The van der Waals surface area contributed by atoms with Gasteiger partial charge in [-0.25, -0.2) is 9.59 Å². The molecule has 1 amide bonds. The second-order valence-electron chi connectivity index (χ2n) is 3.88. The summed E-state index contributed by atoms with van der Waals surface area (Å²) in [5, 5.41) is 8.83. The molecular formula is C12H13NO4S. The fourth-order valence-corrected chi connectivity index (χ4v) is 2.07. The highest BCUT2D eigenvalue weighted by Gasteiger charge is 2.38. The first-order valence-electron chi connectivity index (χ1n) is 5.47. The van der Waals surface area contributed by atoms with Gasteiger partial charge in [-0.2, -0.15) is 0 Å². The topological polar surface area (TPSA) is 66.8 Å². The molecule has 1 heterocycles. The van der Waals surface area contributed by atoms with Gasteiger partial charge in [-0.15, -0.1) is 11.8 Å². The Kier molecular flexibility index (Phi) is 3.76. The number of carbonyl (C=O) groups excluding carboxylic acids is 1. The third kappa shape index (κ3) is 2.59. The number of thioether (sulfide) groups is 1. The molecule has 18 heavy (non-hydrogen) atoms. The van der Waals surface area contributed by atoms with E-state index >= 15 is 0 Å². The lowest BCUT2D eigenvalue weighted by molar-refractivity contribution is -0.146. The zero-order chi connectivity index (χ0) is 13.1. The fourth-order valence-electron chi connectivity index (χ4n) is 1.67. The van der Waals surface area contributed by atoms with Gasteiger partial charge in [0.1, 0.15) is 11.8 Å². The fraction of sp³-hybridized carbons (Fsp3) is 0.333. The van der Waals surface area contributed by atoms with Crippen molar-refractivity contribution in [3.8, 4) is 5.75 Å². The van der Waals surface area contributed by atoms with Gasteiger partial charge in [0.15, 0.2) is 0 Å². The molecule has 1 N–H and O–H groups in total. The molecular weight excluding hydrogens is 254 g/mol. The predicted octanol–water partition coefficient (Wildman–Crippen LogP) is 2.07. The second-order valence-corrected chi connectivity index (χ2v) is 4.76. The van der Waals surface area contributed by atoms with Crippen LogP contribution in [0.3, 0.4) is 0 Å². The van der Waals surface area contributed by atoms with E-state index in [0.29, 0.717) is 18.7 Å². The van der Waals surface area contributed by atoms with E-state index in [1.165, 1.54) is 4.90 Å². The molecule has 6 heteroatoms. The van der Waals surface area contributed by atoms with Gasteiger partial charge >= 0.3 is 12.1 Å². The molecule has 0 saturated carbocycles. The lowest BCUT2D eigenvalue weighted by Crippen LogP contribution is -2.56. The van der Waals surface area contributed by atoms with E-state index in [2.05, 4.69) is 0 Å². The Balaban J connectivity index is 1.96. The summed E-state index contributed by atoms with van der Waals surface area (Å²) in [6.45, 7) is 0.429. The van der Waals surface area contributed by atoms with Gasteiger partial charge in [0.05, 0.1) is 0 Å². The van der Waals surface area contributed by atoms with Crippen molar-refractivity contribution in [1.82, 2.24) is 4.90 Å². The van der Waals surface area contributed by atoms with Gasteiger partial charge in [0, 0.05) is 11.4 Å². The van der Waals surface area contributed by atoms with E-state index < -0.39 is 18.1 Å². The van der Waals surface area contributed by atoms with E-state index in [0.717, 1.165) is 4.90 Å². The smallest absolute Gasteiger partial charge is 0.415 e. The zero-order valence-corrected chi connectivity index (χ0v) is 10.6. The number of rotatable bonds is 3. The van der Waals surface area contributed by atoms with E-state index in [-0.39, 0.29) is 0 Å². The third-order valence-electron chi connectivity index (χ3n) is 2.80. The van der Waals surface area contributed by atoms with Crippen molar-refractivity contribution in [3.63, 3.8) is 0 Å². The van der Waals surface area contributed by atoms with Gasteiger partial charge in [-0.3, -0.25) is 4.90 Å². The summed E-state index contributed by atoms with van der Waals surface area (Å²) in [4.78, 5) is 24.8. The number of aliphatic carboxylic acids is 1. The number of nitrogens with zero attached hydrogens (tertiary/aromatic N) is 1. The zero-order valence-electron chi connectivity index (χ0n) is 9.83. The minimum atomic E-state index is -0.990. The average Bonchev–Trinajstić information content (AvgIpc) is 2.27. The minimum Gasteiger partial charge on any atom is -0.480 e. The Morgan fingerprint density at radius 2 is 2.06 bits per heavy atom. The molecule has 0 aromatic heterocycles. The average molecular weight is 267 g/mol. The molecule has 5 nitrogen and oxygen atoms in total. The van der Waals surface area contributed by atoms with Crippen LogP contribution in [0.5, 0.6) is 5.75 Å². The number of ether oxygens (including phenoxy) is 1. The highest BCUT2D eigenvalue weighted by Crippen LogP contribution is 2.22. The highest BCUT2D eigenvalue weighted by atomic mass is 32.2. The molecule has 1 fully saturated rings. The predicted molar refractivity (Wildman–Crippen MR) is 67.0 cm³/mol. The van der Waals surface area contributed by atoms with Gasteiger partial charge in [0.2, 0.25) is 0 Å². The maximum absolute atomic E-state index is 11.7. The van der Waals surface area contributed by atoms with E-state index in [1.54, 1.807) is 23.9 Å². The summed E-state index contributed by atoms with van der Waals surface area (Å²) in [5.41, 5.74) is 0. The number of likely N-dealkylation sites (tertiary alicyclic amines) is 1. The Labute approximate surface area is 109 Å². The van der Waals surface area contributed by atoms with Crippen LogP contribution >= 0.6 is 11.8 Å². The summed E-state index contributed by atoms with van der Waals surface area (Å²) in [7, 11) is 0. The summed E-state index contributed by atoms with van der Waals surface area (Å²) < 4.78 is 5.11. The van der Waals surface area contributed by atoms with E-state index in [4.69, 9.17) is 9.84 Å². The number of carbonyl (C=O) groups is 2. The van der Waals surface area contributed by atoms with Crippen molar-refractivity contribution in [2.24, 2.45) is 0 Å². The Hall–Kier alpha value is -1.69. The van der Waals surface area contributed by atoms with Crippen molar-refractivity contribution in [1.29, 1.82) is 0 Å². The molecule has 0 spiro atoms. The summed E-state index contributed by atoms with van der Waals surface area (Å²) in [5.74, 6) is -0.565. The van der Waals surface area contributed by atoms with Gasteiger partial charge in [-0.1, -0.05) is 0 Å². The molecule has 0 bridgehead atoms. The first-order chi connectivity index (χ1) is 8.61. The number of carboxylic acids is 1. The van der Waals surface area contributed by atoms with Crippen LogP contribution in [0.15, 0.2) is 29.2 Å². The molecule has 1 aromatic rings. The normalized spacial score (nSPS) is 18.1. The minimum absolute atomic E-state index is 0.425. The van der Waals surface area contributed by atoms with Crippen molar-refractivity contribution in [3.05, 3.63) is 24.3 Å². The highest BCUT2D eigenvalue weighted by molar-refractivity contribution is 7.98. The van der Waals surface area contributed by atoms with Crippen LogP contribution in [-0.2, 0) is 4.79 Å². The standard InChI is InChI=1S/C12H13NO4S/c1-18-9-4-2-8(3-5-9)17-12(16)13-7-6-10(13)11(14)15/h2-5,10H,6-7H2,1H3,(H,14,15). The molecule has 1 aromatic carbocycles. The number of hydrogen-bond acceptors (Lipinski definition) is 4. The Morgan fingerprint density at radius 3 is 2.50 bits per heavy atom. The lowest BCUT2D eigenvalue weighted by atomic mass is 10.1. The SMILES string of the molecule is CSc1ccc(OC(=O)N2CCC2C(=O)O)cc1. The molecule has 1 saturated heterocycles. The Morgan fingerprint density at radius 1 is 1.39 bits per heavy atom. The first-order valence-corrected chi connectivity index (χ1v) is 6.69. The van der Waals surface area contributed by atoms with Crippen molar-refractivity contribution in [2.75, 3.05) is 12.8 Å². The molecule has 1 unspecified atom stereocenters. The molecule has 2 rings (SSSR count). The molecule has 1 aliphatic rings. The van der Waals surface area contributed by atoms with Gasteiger partial charge in [0.25, 0.3) is 0 Å². The van der Waals surface area contributed by atoms with Crippen LogP contribution in [0.4, 0.5) is 4.79 Å².